The van der Waals surface area contributed by atoms with E-state index >= 15 is 0 Å². The van der Waals surface area contributed by atoms with Crippen molar-refractivity contribution in [3.63, 3.8) is 0 Å². The maximum atomic E-state index is 13.7. The first-order valence-corrected chi connectivity index (χ1v) is 16.5. The molecule has 0 spiro atoms. The summed E-state index contributed by atoms with van der Waals surface area (Å²) in [6.07, 6.45) is 0.792. The van der Waals surface area contributed by atoms with E-state index in [0.29, 0.717) is 64.2 Å². The van der Waals surface area contributed by atoms with E-state index in [-0.39, 0.29) is 29.7 Å². The number of carbonyl (C=O) groups excluding carboxylic acids is 3. The minimum Gasteiger partial charge on any atom is -0.481 e. The zero-order valence-electron chi connectivity index (χ0n) is 28.2. The van der Waals surface area contributed by atoms with Gasteiger partial charge in [-0.1, -0.05) is 42.8 Å². The van der Waals surface area contributed by atoms with Crippen molar-refractivity contribution in [2.75, 3.05) is 0 Å². The Morgan fingerprint density at radius 1 is 0.509 bits per heavy atom. The first-order chi connectivity index (χ1) is 26.2. The number of carboxylic acid groups (broad SMARTS) is 1. The highest BCUT2D eigenvalue weighted by molar-refractivity contribution is 5.98. The predicted molar refractivity (Wildman–Crippen MR) is 185 cm³/mol. The van der Waals surface area contributed by atoms with Gasteiger partial charge >= 0.3 is 23.9 Å². The van der Waals surface area contributed by atoms with Gasteiger partial charge in [0.25, 0.3) is 0 Å². The average molecular weight is 761 g/mol. The van der Waals surface area contributed by atoms with Crippen LogP contribution in [-0.2, 0) is 9.59 Å². The topological polar surface area (TPSA) is 116 Å². The quantitative estimate of drug-likeness (QED) is 0.0431. The monoisotopic (exact) mass is 760 g/mol. The van der Waals surface area contributed by atoms with Gasteiger partial charge in [0, 0.05) is 30.7 Å². The maximum Gasteiger partial charge on any atom is 0.343 e. The Bertz CT molecular complexity index is 2460. The lowest BCUT2D eigenvalue weighted by molar-refractivity contribution is -0.137. The van der Waals surface area contributed by atoms with Crippen molar-refractivity contribution < 1.29 is 64.8 Å². The Kier molecular flexibility index (Phi) is 11.2. The Labute approximate surface area is 307 Å². The zero-order valence-corrected chi connectivity index (χ0v) is 28.2. The van der Waals surface area contributed by atoms with Crippen LogP contribution >= 0.6 is 0 Å². The number of rotatable bonds is 12. The Balaban J connectivity index is 1.19. The highest BCUT2D eigenvalue weighted by Gasteiger charge is 2.24. The summed E-state index contributed by atoms with van der Waals surface area (Å²) in [6.45, 7) is 0. The molecule has 1 atom stereocenters. The van der Waals surface area contributed by atoms with E-state index in [2.05, 4.69) is 0 Å². The summed E-state index contributed by atoms with van der Waals surface area (Å²) >= 11 is 0. The molecule has 0 amide bonds. The number of fused-ring (bicyclic) bond motifs is 2. The smallest absolute Gasteiger partial charge is 0.343 e. The van der Waals surface area contributed by atoms with Gasteiger partial charge in [0.15, 0.2) is 34.9 Å². The molecule has 6 aromatic rings. The number of unbranched alkanes of at least 4 members (excludes halogenated alkanes) is 1. The molecule has 0 aliphatic heterocycles. The number of hydrogen-bond donors (Lipinski definition) is 1. The normalized spacial score (nSPS) is 11.7. The van der Waals surface area contributed by atoms with E-state index in [0.717, 1.165) is 0 Å². The van der Waals surface area contributed by atoms with Gasteiger partial charge in [-0.3, -0.25) is 9.59 Å². The molecular formula is C41H26F6O8. The van der Waals surface area contributed by atoms with Gasteiger partial charge < -0.3 is 19.3 Å². The number of aliphatic carboxylic acids is 1. The number of esters is 3. The van der Waals surface area contributed by atoms with Gasteiger partial charge in [0.1, 0.15) is 17.2 Å². The molecule has 0 aromatic heterocycles. The molecule has 0 heterocycles. The van der Waals surface area contributed by atoms with Crippen molar-refractivity contribution in [2.45, 2.75) is 31.6 Å². The summed E-state index contributed by atoms with van der Waals surface area (Å²) in [5.74, 6) is -14.8. The Hall–Kier alpha value is -6.70. The minimum atomic E-state index is -1.70. The van der Waals surface area contributed by atoms with E-state index in [1.54, 1.807) is 36.4 Å². The molecule has 6 rings (SSSR count). The molecule has 1 N–H and O–H groups in total. The van der Waals surface area contributed by atoms with E-state index < -0.39 is 76.2 Å². The van der Waals surface area contributed by atoms with Gasteiger partial charge in [0.05, 0.1) is 17.0 Å². The summed E-state index contributed by atoms with van der Waals surface area (Å²) in [7, 11) is 0. The summed E-state index contributed by atoms with van der Waals surface area (Å²) in [4.78, 5) is 50.1. The van der Waals surface area contributed by atoms with Gasteiger partial charge in [-0.05, 0) is 76.3 Å². The van der Waals surface area contributed by atoms with Crippen LogP contribution in [0.5, 0.6) is 17.2 Å². The molecule has 1 unspecified atom stereocenters. The SMILES string of the molecule is O=C(O)CCCCC(C(=O)Oc1ccc2cc(C(=O)Oc3cc(F)c(F)c(F)c3)ccc2c1)c1ccc2cc(C(=O)Oc3cc(F)c(F)c(F)c3)ccc2c1. The molecule has 0 bridgehead atoms. The van der Waals surface area contributed by atoms with Crippen molar-refractivity contribution >= 4 is 45.4 Å². The van der Waals surface area contributed by atoms with Gasteiger partial charge in [0.2, 0.25) is 0 Å². The third kappa shape index (κ3) is 8.92. The molecule has 0 fully saturated rings. The fraction of sp³-hybridized carbons (Fsp3) is 0.122. The molecule has 280 valence electrons. The molecule has 14 heteroatoms. The van der Waals surface area contributed by atoms with Crippen LogP contribution in [0.3, 0.4) is 0 Å². The van der Waals surface area contributed by atoms with Crippen LogP contribution in [0.15, 0.2) is 97.1 Å². The van der Waals surface area contributed by atoms with E-state index in [9.17, 15) is 45.5 Å². The maximum absolute atomic E-state index is 13.7. The number of benzene rings is 6. The predicted octanol–water partition coefficient (Wildman–Crippen LogP) is 9.60. The van der Waals surface area contributed by atoms with Crippen molar-refractivity contribution in [3.8, 4) is 17.2 Å². The van der Waals surface area contributed by atoms with Crippen LogP contribution in [0.25, 0.3) is 21.5 Å². The van der Waals surface area contributed by atoms with Crippen molar-refractivity contribution in [3.05, 3.63) is 149 Å². The molecule has 6 aromatic carbocycles. The number of carboxylic acids is 1. The molecule has 0 radical (unpaired) electrons. The second-order valence-electron chi connectivity index (χ2n) is 12.3. The number of ether oxygens (including phenoxy) is 3. The third-order valence-corrected chi connectivity index (χ3v) is 8.52. The number of hydrogen-bond acceptors (Lipinski definition) is 7. The first kappa shape index (κ1) is 38.0. The lowest BCUT2D eigenvalue weighted by Gasteiger charge is -2.17. The summed E-state index contributed by atoms with van der Waals surface area (Å²) in [5, 5.41) is 11.3. The average Bonchev–Trinajstić information content (AvgIpc) is 3.15. The molecule has 55 heavy (non-hydrogen) atoms. The Morgan fingerprint density at radius 2 is 0.964 bits per heavy atom. The minimum absolute atomic E-state index is 0.0165. The fourth-order valence-corrected chi connectivity index (χ4v) is 5.77. The van der Waals surface area contributed by atoms with Crippen molar-refractivity contribution in [2.24, 2.45) is 0 Å². The van der Waals surface area contributed by atoms with Crippen LogP contribution in [-0.4, -0.2) is 29.0 Å². The summed E-state index contributed by atoms with van der Waals surface area (Å²) in [5.41, 5.74) is 0.571. The molecule has 8 nitrogen and oxygen atoms in total. The number of halogens is 6. The third-order valence-electron chi connectivity index (χ3n) is 8.52. The second-order valence-corrected chi connectivity index (χ2v) is 12.3. The van der Waals surface area contributed by atoms with E-state index in [1.165, 1.54) is 36.4 Å². The first-order valence-electron chi connectivity index (χ1n) is 16.5. The van der Waals surface area contributed by atoms with Crippen LogP contribution < -0.4 is 14.2 Å². The summed E-state index contributed by atoms with van der Waals surface area (Å²) in [6, 6.07) is 20.5. The molecule has 0 aliphatic rings. The van der Waals surface area contributed by atoms with Gasteiger partial charge in [-0.2, -0.15) is 0 Å². The highest BCUT2D eigenvalue weighted by atomic mass is 19.2. The largest absolute Gasteiger partial charge is 0.481 e. The van der Waals surface area contributed by atoms with Crippen LogP contribution in [0.4, 0.5) is 26.3 Å². The zero-order chi connectivity index (χ0) is 39.4. The lowest BCUT2D eigenvalue weighted by Crippen LogP contribution is -2.19. The van der Waals surface area contributed by atoms with Crippen molar-refractivity contribution in [1.29, 1.82) is 0 Å². The Morgan fingerprint density at radius 3 is 1.47 bits per heavy atom. The molecule has 0 saturated heterocycles. The lowest BCUT2D eigenvalue weighted by atomic mass is 9.91. The fourth-order valence-electron chi connectivity index (χ4n) is 5.77. The highest BCUT2D eigenvalue weighted by Crippen LogP contribution is 2.31. The van der Waals surface area contributed by atoms with E-state index in [4.69, 9.17) is 19.3 Å². The molecule has 0 aliphatic carbocycles. The second kappa shape index (κ2) is 16.1. The van der Waals surface area contributed by atoms with Crippen LogP contribution in [0, 0.1) is 34.9 Å². The molecular weight excluding hydrogens is 734 g/mol. The van der Waals surface area contributed by atoms with Crippen molar-refractivity contribution in [1.82, 2.24) is 0 Å². The number of carbonyl (C=O) groups is 4. The van der Waals surface area contributed by atoms with Gasteiger partial charge in [-0.25, -0.2) is 35.9 Å². The molecule has 0 saturated carbocycles. The summed E-state index contributed by atoms with van der Waals surface area (Å²) < 4.78 is 96.7. The standard InChI is InChI=1S/C41H26F6O8/c42-32-17-29(18-33(43)37(32)46)54-39(50)26-9-6-21-13-25(8-5-22(21)14-26)31(3-1-2-4-36(48)49)41(52)53-28-12-11-23-15-27(10-7-24(23)16-28)40(51)55-30-19-34(44)38(47)35(45)20-30/h5-20,31H,1-4H2,(H,48,49). The van der Waals surface area contributed by atoms with Crippen LogP contribution in [0.1, 0.15) is 57.9 Å². The van der Waals surface area contributed by atoms with Crippen LogP contribution in [0.2, 0.25) is 0 Å². The van der Waals surface area contributed by atoms with Gasteiger partial charge in [-0.15, -0.1) is 0 Å². The van der Waals surface area contributed by atoms with E-state index in [1.807, 2.05) is 0 Å².